The van der Waals surface area contributed by atoms with Crippen LogP contribution in [0.4, 0.5) is 8.78 Å². The summed E-state index contributed by atoms with van der Waals surface area (Å²) in [5.74, 6) is 1.12. The highest BCUT2D eigenvalue weighted by Crippen LogP contribution is 2.26. The topological polar surface area (TPSA) is 64.1 Å². The number of methoxy groups -OCH3 is 1. The lowest BCUT2D eigenvalue weighted by Gasteiger charge is -2.15. The fourth-order valence-corrected chi connectivity index (χ4v) is 1.87. The number of benzene rings is 1. The molecule has 0 radical (unpaired) electrons. The first-order valence-electron chi connectivity index (χ1n) is 7.74. The van der Waals surface area contributed by atoms with E-state index < -0.39 is 6.61 Å². The van der Waals surface area contributed by atoms with E-state index in [-0.39, 0.29) is 12.3 Å². The van der Waals surface area contributed by atoms with Gasteiger partial charge in [-0.25, -0.2) is 0 Å². The Morgan fingerprint density at radius 1 is 1.25 bits per heavy atom. The maximum Gasteiger partial charge on any atom is 0.387 e. The van der Waals surface area contributed by atoms with Crippen LogP contribution >= 0.6 is 0 Å². The monoisotopic (exact) mass is 345 g/mol. The molecule has 0 fully saturated rings. The molecule has 0 heterocycles. The molecule has 0 atom stereocenters. The van der Waals surface area contributed by atoms with Gasteiger partial charge in [0.1, 0.15) is 11.5 Å². The van der Waals surface area contributed by atoms with Crippen LogP contribution in [0.3, 0.4) is 0 Å². The first-order valence-corrected chi connectivity index (χ1v) is 7.74. The van der Waals surface area contributed by atoms with Crippen molar-refractivity contribution in [3.63, 3.8) is 0 Å². The zero-order valence-corrected chi connectivity index (χ0v) is 14.3. The molecule has 0 aliphatic rings. The molecule has 0 bridgehead atoms. The van der Waals surface area contributed by atoms with Crippen molar-refractivity contribution in [1.82, 2.24) is 10.6 Å². The smallest absolute Gasteiger partial charge is 0.387 e. The van der Waals surface area contributed by atoms with E-state index >= 15 is 0 Å². The van der Waals surface area contributed by atoms with Gasteiger partial charge >= 0.3 is 6.61 Å². The standard InChI is InChI=1S/C16H25F2N3O3/c1-4-8-23-13-6-5-12(14(10-13)24-15(17)18)11-21-16(19-2)20-7-9-22-3/h5-6,10,15H,4,7-9,11H2,1-3H3,(H2,19,20,21). The largest absolute Gasteiger partial charge is 0.493 e. The Hall–Kier alpha value is -2.09. The summed E-state index contributed by atoms with van der Waals surface area (Å²) in [5.41, 5.74) is 0.578. The number of hydrogen-bond acceptors (Lipinski definition) is 4. The summed E-state index contributed by atoms with van der Waals surface area (Å²) in [6.45, 7) is 0.982. The number of guanidine groups is 1. The highest BCUT2D eigenvalue weighted by atomic mass is 19.3. The minimum absolute atomic E-state index is 0.0819. The molecule has 0 spiro atoms. The quantitative estimate of drug-likeness (QED) is 0.387. The number of hydrogen-bond donors (Lipinski definition) is 2. The average Bonchev–Trinajstić information content (AvgIpc) is 2.56. The number of halogens is 2. The van der Waals surface area contributed by atoms with Gasteiger partial charge < -0.3 is 24.8 Å². The number of rotatable bonds is 10. The second-order valence-electron chi connectivity index (χ2n) is 4.84. The molecule has 0 saturated carbocycles. The summed E-state index contributed by atoms with van der Waals surface area (Å²) in [4.78, 5) is 4.05. The van der Waals surface area contributed by atoms with Crippen LogP contribution in [0.25, 0.3) is 0 Å². The Morgan fingerprint density at radius 2 is 2.04 bits per heavy atom. The van der Waals surface area contributed by atoms with Crippen molar-refractivity contribution in [1.29, 1.82) is 0 Å². The van der Waals surface area contributed by atoms with Crippen LogP contribution in [0.1, 0.15) is 18.9 Å². The number of nitrogens with zero attached hydrogens (tertiary/aromatic N) is 1. The number of ether oxygens (including phenoxy) is 3. The van der Waals surface area contributed by atoms with Crippen molar-refractivity contribution in [2.24, 2.45) is 4.99 Å². The SMILES string of the molecule is CCCOc1ccc(CNC(=NC)NCCOC)c(OC(F)F)c1. The van der Waals surface area contributed by atoms with Crippen LogP contribution in [0.15, 0.2) is 23.2 Å². The van der Waals surface area contributed by atoms with Crippen LogP contribution < -0.4 is 20.1 Å². The fraction of sp³-hybridized carbons (Fsp3) is 0.562. The molecule has 6 nitrogen and oxygen atoms in total. The lowest BCUT2D eigenvalue weighted by atomic mass is 10.2. The third kappa shape index (κ3) is 7.45. The Morgan fingerprint density at radius 3 is 2.67 bits per heavy atom. The van der Waals surface area contributed by atoms with Gasteiger partial charge in [0.05, 0.1) is 13.2 Å². The van der Waals surface area contributed by atoms with Gasteiger partial charge in [0.15, 0.2) is 5.96 Å². The predicted molar refractivity (Wildman–Crippen MR) is 88.9 cm³/mol. The Balaban J connectivity index is 2.73. The van der Waals surface area contributed by atoms with Gasteiger partial charge in [-0.15, -0.1) is 0 Å². The van der Waals surface area contributed by atoms with E-state index in [4.69, 9.17) is 9.47 Å². The van der Waals surface area contributed by atoms with Gasteiger partial charge in [0.25, 0.3) is 0 Å². The summed E-state index contributed by atoms with van der Waals surface area (Å²) in [5, 5.41) is 6.08. The lowest BCUT2D eigenvalue weighted by molar-refractivity contribution is -0.0505. The summed E-state index contributed by atoms with van der Waals surface area (Å²) in [7, 11) is 3.23. The van der Waals surface area contributed by atoms with Gasteiger partial charge in [-0.3, -0.25) is 4.99 Å². The van der Waals surface area contributed by atoms with Crippen LogP contribution in [-0.2, 0) is 11.3 Å². The zero-order valence-electron chi connectivity index (χ0n) is 14.3. The van der Waals surface area contributed by atoms with Gasteiger partial charge in [0, 0.05) is 38.9 Å². The molecule has 0 amide bonds. The normalized spacial score (nSPS) is 11.5. The molecule has 1 aromatic carbocycles. The predicted octanol–water partition coefficient (Wildman–Crippen LogP) is 2.39. The number of nitrogens with one attached hydrogen (secondary N) is 2. The second kappa shape index (κ2) is 11.4. The van der Waals surface area contributed by atoms with Crippen molar-refractivity contribution < 1.29 is 23.0 Å². The maximum absolute atomic E-state index is 12.6. The van der Waals surface area contributed by atoms with Gasteiger partial charge in [-0.1, -0.05) is 6.92 Å². The highest BCUT2D eigenvalue weighted by molar-refractivity contribution is 5.79. The van der Waals surface area contributed by atoms with Gasteiger partial charge in [0.2, 0.25) is 0 Å². The zero-order chi connectivity index (χ0) is 17.8. The van der Waals surface area contributed by atoms with E-state index in [2.05, 4.69) is 20.4 Å². The van der Waals surface area contributed by atoms with E-state index in [1.807, 2.05) is 6.92 Å². The first-order chi connectivity index (χ1) is 11.6. The van der Waals surface area contributed by atoms with Crippen LogP contribution in [0.5, 0.6) is 11.5 Å². The molecule has 0 unspecified atom stereocenters. The molecule has 0 aliphatic carbocycles. The third-order valence-electron chi connectivity index (χ3n) is 3.00. The fourth-order valence-electron chi connectivity index (χ4n) is 1.87. The van der Waals surface area contributed by atoms with E-state index in [0.717, 1.165) is 6.42 Å². The molecule has 0 aliphatic heterocycles. The van der Waals surface area contributed by atoms with Crippen molar-refractivity contribution in [2.75, 3.05) is 33.9 Å². The molecular weight excluding hydrogens is 320 g/mol. The minimum atomic E-state index is -2.90. The molecule has 136 valence electrons. The average molecular weight is 345 g/mol. The van der Waals surface area contributed by atoms with E-state index in [0.29, 0.717) is 37.0 Å². The highest BCUT2D eigenvalue weighted by Gasteiger charge is 2.12. The van der Waals surface area contributed by atoms with E-state index in [1.54, 1.807) is 26.3 Å². The molecule has 0 aromatic heterocycles. The molecule has 0 saturated heterocycles. The van der Waals surface area contributed by atoms with Gasteiger partial charge in [-0.2, -0.15) is 8.78 Å². The molecule has 1 aromatic rings. The molecule has 8 heteroatoms. The molecule has 1 rings (SSSR count). The summed E-state index contributed by atoms with van der Waals surface area (Å²) in [6.07, 6.45) is 0.831. The van der Waals surface area contributed by atoms with Crippen molar-refractivity contribution in [3.05, 3.63) is 23.8 Å². The third-order valence-corrected chi connectivity index (χ3v) is 3.00. The molecular formula is C16H25F2N3O3. The first kappa shape index (κ1) is 20.0. The maximum atomic E-state index is 12.6. The van der Waals surface area contributed by atoms with Crippen LogP contribution in [0.2, 0.25) is 0 Å². The number of aliphatic imine (C=N–C) groups is 1. The summed E-state index contributed by atoms with van der Waals surface area (Å²) in [6, 6.07) is 4.89. The summed E-state index contributed by atoms with van der Waals surface area (Å²) >= 11 is 0. The Labute approximate surface area is 141 Å². The molecule has 24 heavy (non-hydrogen) atoms. The number of alkyl halides is 2. The van der Waals surface area contributed by atoms with E-state index in [1.165, 1.54) is 6.07 Å². The lowest BCUT2D eigenvalue weighted by Crippen LogP contribution is -2.38. The van der Waals surface area contributed by atoms with Crippen LogP contribution in [0, 0.1) is 0 Å². The van der Waals surface area contributed by atoms with Gasteiger partial charge in [-0.05, 0) is 18.6 Å². The Kier molecular flexibility index (Phi) is 9.52. The van der Waals surface area contributed by atoms with E-state index in [9.17, 15) is 8.78 Å². The van der Waals surface area contributed by atoms with Crippen molar-refractivity contribution in [3.8, 4) is 11.5 Å². The van der Waals surface area contributed by atoms with Crippen molar-refractivity contribution in [2.45, 2.75) is 26.5 Å². The summed E-state index contributed by atoms with van der Waals surface area (Å²) < 4.78 is 40.2. The minimum Gasteiger partial charge on any atom is -0.493 e. The van der Waals surface area contributed by atoms with Crippen molar-refractivity contribution >= 4 is 5.96 Å². The Bertz CT molecular complexity index is 513. The molecule has 2 N–H and O–H groups in total. The second-order valence-corrected chi connectivity index (χ2v) is 4.84. The van der Waals surface area contributed by atoms with Crippen LogP contribution in [-0.4, -0.2) is 46.5 Å².